The number of nitrogens with two attached hydrogens (primary N) is 1. The average Bonchev–Trinajstić information content (AvgIpc) is 2.34. The number of carbonyl (C=O) groups is 1. The highest BCUT2D eigenvalue weighted by atomic mass is 32.2. The van der Waals surface area contributed by atoms with Crippen LogP contribution in [0, 0.1) is 0 Å². The summed E-state index contributed by atoms with van der Waals surface area (Å²) >= 11 is 3.62. The zero-order valence-corrected chi connectivity index (χ0v) is 12.7. The van der Waals surface area contributed by atoms with Crippen LogP contribution in [0.3, 0.4) is 0 Å². The summed E-state index contributed by atoms with van der Waals surface area (Å²) in [5, 5.41) is 2.90. The van der Waals surface area contributed by atoms with E-state index in [0.29, 0.717) is 0 Å². The summed E-state index contributed by atoms with van der Waals surface area (Å²) in [6, 6.07) is -0.334. The molecule has 17 heavy (non-hydrogen) atoms. The van der Waals surface area contributed by atoms with Crippen LogP contribution in [0.4, 0.5) is 0 Å². The van der Waals surface area contributed by atoms with Gasteiger partial charge >= 0.3 is 0 Å². The third-order valence-electron chi connectivity index (χ3n) is 2.54. The smallest absolute Gasteiger partial charge is 0.236 e. The van der Waals surface area contributed by atoms with E-state index in [-0.39, 0.29) is 11.9 Å². The first kappa shape index (κ1) is 17.1. The lowest BCUT2D eigenvalue weighted by Crippen LogP contribution is -2.41. The minimum absolute atomic E-state index is 0.00293. The Morgan fingerprint density at radius 2 is 1.76 bits per heavy atom. The lowest BCUT2D eigenvalue weighted by molar-refractivity contribution is -0.122. The van der Waals surface area contributed by atoms with E-state index >= 15 is 0 Å². The number of rotatable bonds is 11. The highest BCUT2D eigenvalue weighted by Crippen LogP contribution is 2.04. The number of hydrogen-bond acceptors (Lipinski definition) is 4. The molecule has 0 aliphatic heterocycles. The van der Waals surface area contributed by atoms with Gasteiger partial charge in [0.05, 0.1) is 6.04 Å². The quantitative estimate of drug-likeness (QED) is 0.568. The molecule has 0 saturated heterocycles. The minimum Gasteiger partial charge on any atom is -0.355 e. The summed E-state index contributed by atoms with van der Waals surface area (Å²) in [6.07, 6.45) is 9.73. The first-order valence-corrected chi connectivity index (χ1v) is 9.02. The third-order valence-corrected chi connectivity index (χ3v) is 3.89. The molecule has 0 aliphatic carbocycles. The number of hydrogen-bond donors (Lipinski definition) is 2. The highest BCUT2D eigenvalue weighted by molar-refractivity contribution is 7.98. The molecule has 0 aromatic heterocycles. The first-order chi connectivity index (χ1) is 8.22. The molecule has 0 fully saturated rings. The van der Waals surface area contributed by atoms with Gasteiger partial charge in [-0.25, -0.2) is 0 Å². The molecule has 0 aromatic carbocycles. The van der Waals surface area contributed by atoms with Gasteiger partial charge in [-0.3, -0.25) is 4.79 Å². The monoisotopic (exact) mass is 278 g/mol. The molecule has 0 rings (SSSR count). The second-order valence-electron chi connectivity index (χ2n) is 4.09. The van der Waals surface area contributed by atoms with E-state index in [4.69, 9.17) is 5.73 Å². The van der Waals surface area contributed by atoms with Crippen LogP contribution in [0.25, 0.3) is 0 Å². The van der Waals surface area contributed by atoms with Crippen molar-refractivity contribution in [2.75, 3.05) is 30.6 Å². The van der Waals surface area contributed by atoms with Crippen LogP contribution in [0.5, 0.6) is 0 Å². The molecular formula is C12H26N2OS2. The van der Waals surface area contributed by atoms with Gasteiger partial charge < -0.3 is 11.1 Å². The van der Waals surface area contributed by atoms with E-state index in [1.54, 1.807) is 11.8 Å². The van der Waals surface area contributed by atoms with Crippen molar-refractivity contribution in [1.82, 2.24) is 5.32 Å². The molecule has 0 aliphatic rings. The predicted octanol–water partition coefficient (Wildman–Crippen LogP) is 2.11. The fourth-order valence-corrected chi connectivity index (χ4v) is 2.43. The van der Waals surface area contributed by atoms with Crippen LogP contribution in [0.15, 0.2) is 0 Å². The van der Waals surface area contributed by atoms with E-state index in [1.807, 2.05) is 18.0 Å². The van der Waals surface area contributed by atoms with Crippen molar-refractivity contribution in [1.29, 1.82) is 0 Å². The fraction of sp³-hybridized carbons (Fsp3) is 0.917. The summed E-state index contributed by atoms with van der Waals surface area (Å²) in [6.45, 7) is 0.769. The maximum atomic E-state index is 11.5. The van der Waals surface area contributed by atoms with Gasteiger partial charge in [-0.2, -0.15) is 23.5 Å². The number of thioether (sulfide) groups is 2. The number of carbonyl (C=O) groups excluding carboxylic acids is 1. The van der Waals surface area contributed by atoms with E-state index in [9.17, 15) is 4.79 Å². The van der Waals surface area contributed by atoms with Crippen LogP contribution in [0.2, 0.25) is 0 Å². The van der Waals surface area contributed by atoms with Crippen molar-refractivity contribution in [2.24, 2.45) is 5.73 Å². The molecule has 1 amide bonds. The Hall–Kier alpha value is 0.130. The maximum Gasteiger partial charge on any atom is 0.236 e. The second kappa shape index (κ2) is 12.6. The second-order valence-corrected chi connectivity index (χ2v) is 6.06. The van der Waals surface area contributed by atoms with E-state index in [2.05, 4.69) is 11.6 Å². The molecule has 0 heterocycles. The maximum absolute atomic E-state index is 11.5. The van der Waals surface area contributed by atoms with E-state index in [0.717, 1.165) is 25.1 Å². The summed E-state index contributed by atoms with van der Waals surface area (Å²) in [4.78, 5) is 11.5. The Kier molecular flexibility index (Phi) is 12.7. The van der Waals surface area contributed by atoms with Crippen LogP contribution in [-0.2, 0) is 4.79 Å². The summed E-state index contributed by atoms with van der Waals surface area (Å²) in [7, 11) is 0. The SMILES string of the molecule is CSCCCCCCNC(=O)[C@H](N)CCSC. The van der Waals surface area contributed by atoms with E-state index < -0.39 is 0 Å². The van der Waals surface area contributed by atoms with Gasteiger partial charge in [0.25, 0.3) is 0 Å². The van der Waals surface area contributed by atoms with Crippen molar-refractivity contribution in [3.8, 4) is 0 Å². The number of nitrogens with one attached hydrogen (secondary N) is 1. The lowest BCUT2D eigenvalue weighted by atomic mass is 10.2. The summed E-state index contributed by atoms with van der Waals surface area (Å²) in [5.41, 5.74) is 5.76. The van der Waals surface area contributed by atoms with Crippen molar-refractivity contribution in [3.63, 3.8) is 0 Å². The third kappa shape index (κ3) is 11.0. The van der Waals surface area contributed by atoms with Crippen LogP contribution in [-0.4, -0.2) is 42.5 Å². The van der Waals surface area contributed by atoms with Gasteiger partial charge in [0.15, 0.2) is 0 Å². The molecule has 3 nitrogen and oxygen atoms in total. The number of amides is 1. The van der Waals surface area contributed by atoms with Crippen LogP contribution < -0.4 is 11.1 Å². The zero-order chi connectivity index (χ0) is 12.9. The molecule has 1 atom stereocenters. The molecule has 5 heteroatoms. The van der Waals surface area contributed by atoms with Gasteiger partial charge in [0, 0.05) is 6.54 Å². The summed E-state index contributed by atoms with van der Waals surface area (Å²) in [5.74, 6) is 2.19. The molecule has 0 spiro atoms. The van der Waals surface area contributed by atoms with Gasteiger partial charge in [0.2, 0.25) is 5.91 Å². The van der Waals surface area contributed by atoms with Gasteiger partial charge in [-0.05, 0) is 43.3 Å². The molecule has 0 radical (unpaired) electrons. The Labute approximate surface area is 114 Å². The molecule has 0 aromatic rings. The van der Waals surface area contributed by atoms with Gasteiger partial charge in [-0.15, -0.1) is 0 Å². The standard InChI is InChI=1S/C12H26N2OS2/c1-16-9-6-4-3-5-8-14-12(15)11(13)7-10-17-2/h11H,3-10,13H2,1-2H3,(H,14,15)/t11-/m1/s1. The fourth-order valence-electron chi connectivity index (χ4n) is 1.44. The zero-order valence-electron chi connectivity index (χ0n) is 11.0. The Balaban J connectivity index is 3.32. The topological polar surface area (TPSA) is 55.1 Å². The van der Waals surface area contributed by atoms with Gasteiger partial charge in [0.1, 0.15) is 0 Å². The van der Waals surface area contributed by atoms with Gasteiger partial charge in [-0.1, -0.05) is 12.8 Å². The molecule has 102 valence electrons. The van der Waals surface area contributed by atoms with Crippen LogP contribution in [0.1, 0.15) is 32.1 Å². The van der Waals surface area contributed by atoms with Crippen molar-refractivity contribution in [3.05, 3.63) is 0 Å². The Morgan fingerprint density at radius 3 is 2.41 bits per heavy atom. The average molecular weight is 278 g/mol. The van der Waals surface area contributed by atoms with Crippen molar-refractivity contribution >= 4 is 29.4 Å². The number of unbranched alkanes of at least 4 members (excludes halogenated alkanes) is 3. The first-order valence-electron chi connectivity index (χ1n) is 6.23. The van der Waals surface area contributed by atoms with E-state index in [1.165, 1.54) is 25.0 Å². The largest absolute Gasteiger partial charge is 0.355 e. The lowest BCUT2D eigenvalue weighted by Gasteiger charge is -2.11. The predicted molar refractivity (Wildman–Crippen MR) is 80.8 cm³/mol. The molecule has 0 bridgehead atoms. The summed E-state index contributed by atoms with van der Waals surface area (Å²) < 4.78 is 0. The molecule has 3 N–H and O–H groups in total. The molecule has 0 unspecified atom stereocenters. The Morgan fingerprint density at radius 1 is 1.12 bits per heavy atom. The van der Waals surface area contributed by atoms with Crippen LogP contribution >= 0.6 is 23.5 Å². The van der Waals surface area contributed by atoms with Crippen molar-refractivity contribution in [2.45, 2.75) is 38.1 Å². The molecule has 0 saturated carbocycles. The van der Waals surface area contributed by atoms with Crippen molar-refractivity contribution < 1.29 is 4.79 Å². The normalized spacial score (nSPS) is 12.4. The molecular weight excluding hydrogens is 252 g/mol. The minimum atomic E-state index is -0.334. The Bertz CT molecular complexity index is 191. The highest BCUT2D eigenvalue weighted by Gasteiger charge is 2.11.